The maximum atomic E-state index is 12.3. The van der Waals surface area contributed by atoms with Crippen molar-refractivity contribution in [1.82, 2.24) is 9.97 Å². The minimum absolute atomic E-state index is 0.149. The number of benzene rings is 3. The average Bonchev–Trinajstić information content (AvgIpc) is 2.78. The van der Waals surface area contributed by atoms with Crippen LogP contribution in [0.2, 0.25) is 0 Å². The third-order valence-corrected chi connectivity index (χ3v) is 4.64. The number of carbonyl (C=O) groups is 1. The van der Waals surface area contributed by atoms with E-state index in [2.05, 4.69) is 15.3 Å². The number of aromatic amines is 1. The number of aromatic nitrogens is 2. The Hall–Kier alpha value is -3.93. The lowest BCUT2D eigenvalue weighted by molar-refractivity contribution is -0.116. The van der Waals surface area contributed by atoms with E-state index in [-0.39, 0.29) is 17.9 Å². The van der Waals surface area contributed by atoms with E-state index < -0.39 is 0 Å². The highest BCUT2D eigenvalue weighted by molar-refractivity contribution is 5.90. The van der Waals surface area contributed by atoms with Crippen LogP contribution in [0.4, 0.5) is 5.69 Å². The molecule has 0 saturated heterocycles. The molecule has 0 saturated carbocycles. The molecule has 0 fully saturated rings. The van der Waals surface area contributed by atoms with E-state index in [0.29, 0.717) is 35.4 Å². The van der Waals surface area contributed by atoms with Gasteiger partial charge in [0.2, 0.25) is 5.91 Å². The van der Waals surface area contributed by atoms with Gasteiger partial charge in [0, 0.05) is 18.5 Å². The molecule has 0 aliphatic carbocycles. The van der Waals surface area contributed by atoms with Crippen LogP contribution in [0.1, 0.15) is 17.8 Å². The monoisotopic (exact) mass is 399 g/mol. The van der Waals surface area contributed by atoms with Crippen molar-refractivity contribution < 1.29 is 9.53 Å². The highest BCUT2D eigenvalue weighted by Crippen LogP contribution is 2.17. The largest absolute Gasteiger partial charge is 0.489 e. The number of nitrogens with one attached hydrogen (secondary N) is 2. The highest BCUT2D eigenvalue weighted by Gasteiger charge is 2.07. The Morgan fingerprint density at radius 1 is 0.933 bits per heavy atom. The van der Waals surface area contributed by atoms with Gasteiger partial charge in [-0.2, -0.15) is 0 Å². The molecule has 1 aromatic heterocycles. The zero-order chi connectivity index (χ0) is 20.8. The highest BCUT2D eigenvalue weighted by atomic mass is 16.5. The number of hydrogen-bond donors (Lipinski definition) is 2. The van der Waals surface area contributed by atoms with Gasteiger partial charge in [-0.05, 0) is 42.0 Å². The Morgan fingerprint density at radius 3 is 2.47 bits per heavy atom. The SMILES string of the molecule is O=C(CCc1nc2ccccc2c(=O)[nH]1)Nc1ccc(OCc2ccccc2)cc1. The minimum atomic E-state index is -0.193. The van der Waals surface area contributed by atoms with E-state index >= 15 is 0 Å². The van der Waals surface area contributed by atoms with E-state index in [9.17, 15) is 9.59 Å². The van der Waals surface area contributed by atoms with Crippen LogP contribution in [0.3, 0.4) is 0 Å². The second kappa shape index (κ2) is 9.05. The van der Waals surface area contributed by atoms with Crippen LogP contribution in [0.5, 0.6) is 5.75 Å². The summed E-state index contributed by atoms with van der Waals surface area (Å²) in [6.07, 6.45) is 0.567. The van der Waals surface area contributed by atoms with Crippen molar-refractivity contribution >= 4 is 22.5 Å². The van der Waals surface area contributed by atoms with Crippen molar-refractivity contribution in [2.24, 2.45) is 0 Å². The van der Waals surface area contributed by atoms with Gasteiger partial charge in [-0.3, -0.25) is 9.59 Å². The molecule has 0 radical (unpaired) electrons. The molecule has 0 unspecified atom stereocenters. The first-order valence-corrected chi connectivity index (χ1v) is 9.72. The van der Waals surface area contributed by atoms with Crippen LogP contribution in [0.15, 0.2) is 83.7 Å². The van der Waals surface area contributed by atoms with Gasteiger partial charge in [-0.1, -0.05) is 42.5 Å². The third kappa shape index (κ3) is 4.91. The fourth-order valence-electron chi connectivity index (χ4n) is 3.08. The zero-order valence-corrected chi connectivity index (χ0v) is 16.3. The summed E-state index contributed by atoms with van der Waals surface area (Å²) < 4.78 is 5.75. The first-order chi connectivity index (χ1) is 14.7. The summed E-state index contributed by atoms with van der Waals surface area (Å²) in [4.78, 5) is 31.5. The van der Waals surface area contributed by atoms with Crippen molar-refractivity contribution in [2.45, 2.75) is 19.4 Å². The van der Waals surface area contributed by atoms with Crippen molar-refractivity contribution in [3.8, 4) is 5.75 Å². The Kier molecular flexibility index (Phi) is 5.85. The van der Waals surface area contributed by atoms with Gasteiger partial charge in [0.05, 0.1) is 10.9 Å². The Labute approximate surface area is 173 Å². The number of fused-ring (bicyclic) bond motifs is 1. The molecule has 0 bridgehead atoms. The van der Waals surface area contributed by atoms with Gasteiger partial charge in [0.25, 0.3) is 5.56 Å². The minimum Gasteiger partial charge on any atom is -0.489 e. The molecule has 2 N–H and O–H groups in total. The lowest BCUT2D eigenvalue weighted by Gasteiger charge is -2.09. The van der Waals surface area contributed by atoms with Gasteiger partial charge < -0.3 is 15.0 Å². The summed E-state index contributed by atoms with van der Waals surface area (Å²) in [6.45, 7) is 0.490. The second-order valence-electron chi connectivity index (χ2n) is 6.88. The number of ether oxygens (including phenoxy) is 1. The van der Waals surface area contributed by atoms with Crippen LogP contribution in [0, 0.1) is 0 Å². The van der Waals surface area contributed by atoms with Gasteiger partial charge in [-0.25, -0.2) is 4.98 Å². The summed E-state index contributed by atoms with van der Waals surface area (Å²) in [7, 11) is 0. The number of H-pyrrole nitrogens is 1. The summed E-state index contributed by atoms with van der Waals surface area (Å²) >= 11 is 0. The standard InChI is InChI=1S/C24H21N3O3/c28-23(15-14-22-26-21-9-5-4-8-20(21)24(29)27-22)25-18-10-12-19(13-11-18)30-16-17-6-2-1-3-7-17/h1-13H,14-16H2,(H,25,28)(H,26,27,29). The van der Waals surface area contributed by atoms with E-state index in [0.717, 1.165) is 11.3 Å². The molecular formula is C24H21N3O3. The summed E-state index contributed by atoms with van der Waals surface area (Å²) in [5.74, 6) is 1.08. The molecule has 0 aliphatic heterocycles. The first kappa shape index (κ1) is 19.4. The maximum Gasteiger partial charge on any atom is 0.258 e. The summed E-state index contributed by atoms with van der Waals surface area (Å²) in [5, 5.41) is 3.39. The predicted molar refractivity (Wildman–Crippen MR) is 117 cm³/mol. The summed E-state index contributed by atoms with van der Waals surface area (Å²) in [5.41, 5.74) is 2.21. The molecule has 150 valence electrons. The molecule has 30 heavy (non-hydrogen) atoms. The van der Waals surface area contributed by atoms with Gasteiger partial charge in [0.15, 0.2) is 0 Å². The molecule has 0 atom stereocenters. The van der Waals surface area contributed by atoms with Crippen LogP contribution in [-0.2, 0) is 17.8 Å². The topological polar surface area (TPSA) is 84.1 Å². The van der Waals surface area contributed by atoms with Crippen LogP contribution in [-0.4, -0.2) is 15.9 Å². The molecular weight excluding hydrogens is 378 g/mol. The molecule has 6 heteroatoms. The molecule has 0 spiro atoms. The lowest BCUT2D eigenvalue weighted by atomic mass is 10.2. The number of amides is 1. The maximum absolute atomic E-state index is 12.3. The Morgan fingerprint density at radius 2 is 1.67 bits per heavy atom. The number of hydrogen-bond acceptors (Lipinski definition) is 4. The quantitative estimate of drug-likeness (QED) is 0.491. The molecule has 6 nitrogen and oxygen atoms in total. The van der Waals surface area contributed by atoms with Crippen LogP contribution in [0.25, 0.3) is 10.9 Å². The predicted octanol–water partition coefficient (Wildman–Crippen LogP) is 4.07. The molecule has 1 heterocycles. The molecule has 4 rings (SSSR count). The number of nitrogens with zero attached hydrogens (tertiary/aromatic N) is 1. The number of carbonyl (C=O) groups excluding carboxylic acids is 1. The lowest BCUT2D eigenvalue weighted by Crippen LogP contribution is -2.16. The first-order valence-electron chi connectivity index (χ1n) is 9.72. The number of anilines is 1. The second-order valence-corrected chi connectivity index (χ2v) is 6.88. The third-order valence-electron chi connectivity index (χ3n) is 4.64. The Bertz CT molecular complexity index is 1200. The van der Waals surface area contributed by atoms with Gasteiger partial charge in [-0.15, -0.1) is 0 Å². The molecule has 4 aromatic rings. The molecule has 1 amide bonds. The fourth-order valence-corrected chi connectivity index (χ4v) is 3.08. The van der Waals surface area contributed by atoms with Crippen LogP contribution < -0.4 is 15.6 Å². The van der Waals surface area contributed by atoms with Crippen molar-refractivity contribution in [2.75, 3.05) is 5.32 Å². The Balaban J connectivity index is 1.30. The van der Waals surface area contributed by atoms with E-state index in [4.69, 9.17) is 4.74 Å². The smallest absolute Gasteiger partial charge is 0.258 e. The van der Waals surface area contributed by atoms with E-state index in [1.165, 1.54) is 0 Å². The van der Waals surface area contributed by atoms with E-state index in [1.54, 1.807) is 30.3 Å². The number of para-hydroxylation sites is 1. The van der Waals surface area contributed by atoms with Crippen molar-refractivity contribution in [1.29, 1.82) is 0 Å². The molecule has 3 aromatic carbocycles. The van der Waals surface area contributed by atoms with Crippen molar-refractivity contribution in [3.63, 3.8) is 0 Å². The van der Waals surface area contributed by atoms with Crippen molar-refractivity contribution in [3.05, 3.63) is 101 Å². The average molecular weight is 399 g/mol. The summed E-state index contributed by atoms with van der Waals surface area (Å²) in [6, 6.07) is 24.3. The molecule has 0 aliphatic rings. The van der Waals surface area contributed by atoms with E-state index in [1.807, 2.05) is 48.5 Å². The van der Waals surface area contributed by atoms with Crippen LogP contribution >= 0.6 is 0 Å². The number of aryl methyl sites for hydroxylation is 1. The van der Waals surface area contributed by atoms with Gasteiger partial charge in [0.1, 0.15) is 18.2 Å². The fraction of sp³-hybridized carbons (Fsp3) is 0.125. The normalized spacial score (nSPS) is 10.7. The zero-order valence-electron chi connectivity index (χ0n) is 16.3. The van der Waals surface area contributed by atoms with Gasteiger partial charge >= 0.3 is 0 Å². The number of rotatable bonds is 7.